The van der Waals surface area contributed by atoms with E-state index in [9.17, 15) is 4.79 Å². The number of amides is 1. The second kappa shape index (κ2) is 10.2. The lowest BCUT2D eigenvalue weighted by Crippen LogP contribution is -2.41. The third-order valence-corrected chi connectivity index (χ3v) is 5.79. The van der Waals surface area contributed by atoms with Gasteiger partial charge >= 0.3 is 0 Å². The Morgan fingerprint density at radius 3 is 2.56 bits per heavy atom. The largest absolute Gasteiger partial charge is 0.467 e. The molecule has 0 spiro atoms. The van der Waals surface area contributed by atoms with Gasteiger partial charge in [0.05, 0.1) is 19.4 Å². The highest BCUT2D eigenvalue weighted by Gasteiger charge is 2.43. The monoisotopic (exact) mass is 430 g/mol. The summed E-state index contributed by atoms with van der Waals surface area (Å²) in [5.74, 6) is 1.39. The second-order valence-corrected chi connectivity index (χ2v) is 8.16. The number of furan rings is 1. The van der Waals surface area contributed by atoms with Gasteiger partial charge in [0, 0.05) is 24.1 Å². The number of hydrogen-bond donors (Lipinski definition) is 3. The van der Waals surface area contributed by atoms with Crippen LogP contribution in [0.1, 0.15) is 47.0 Å². The maximum Gasteiger partial charge on any atom is 0.251 e. The third kappa shape index (κ3) is 5.58. The first-order valence-corrected chi connectivity index (χ1v) is 11.2. The van der Waals surface area contributed by atoms with Gasteiger partial charge in [-0.15, -0.1) is 0 Å². The van der Waals surface area contributed by atoms with E-state index in [4.69, 9.17) is 9.41 Å². The number of guanidine groups is 1. The Morgan fingerprint density at radius 1 is 1.00 bits per heavy atom. The van der Waals surface area contributed by atoms with Crippen LogP contribution in [0.2, 0.25) is 0 Å². The zero-order valence-electron chi connectivity index (χ0n) is 18.4. The van der Waals surface area contributed by atoms with Crippen molar-refractivity contribution in [3.8, 4) is 0 Å². The van der Waals surface area contributed by atoms with E-state index in [-0.39, 0.29) is 11.3 Å². The van der Waals surface area contributed by atoms with Crippen molar-refractivity contribution in [2.45, 2.75) is 38.3 Å². The topological polar surface area (TPSA) is 78.7 Å². The fourth-order valence-corrected chi connectivity index (χ4v) is 3.77. The fourth-order valence-electron chi connectivity index (χ4n) is 3.77. The van der Waals surface area contributed by atoms with E-state index in [1.807, 2.05) is 30.3 Å². The van der Waals surface area contributed by atoms with E-state index in [0.29, 0.717) is 18.7 Å². The Hall–Kier alpha value is -3.54. The summed E-state index contributed by atoms with van der Waals surface area (Å²) in [6.07, 6.45) is 3.98. The summed E-state index contributed by atoms with van der Waals surface area (Å²) in [4.78, 5) is 17.2. The Kier molecular flexibility index (Phi) is 6.90. The van der Waals surface area contributed by atoms with E-state index < -0.39 is 0 Å². The van der Waals surface area contributed by atoms with E-state index >= 15 is 0 Å². The number of benzene rings is 2. The molecule has 1 aliphatic rings. The molecule has 1 saturated carbocycles. The molecular weight excluding hydrogens is 400 g/mol. The van der Waals surface area contributed by atoms with Crippen LogP contribution in [-0.4, -0.2) is 25.0 Å². The molecular formula is C26H30N4O2. The maximum atomic E-state index is 12.5. The molecule has 2 aromatic carbocycles. The van der Waals surface area contributed by atoms with Gasteiger partial charge in [0.15, 0.2) is 5.96 Å². The smallest absolute Gasteiger partial charge is 0.251 e. The minimum absolute atomic E-state index is 0.129. The first kappa shape index (κ1) is 21.7. The molecule has 3 aromatic rings. The molecule has 0 bridgehead atoms. The molecule has 1 fully saturated rings. The molecule has 1 amide bonds. The number of aliphatic imine (C=N–C) groups is 1. The van der Waals surface area contributed by atoms with E-state index in [0.717, 1.165) is 30.4 Å². The fraction of sp³-hybridized carbons (Fsp3) is 0.308. The highest BCUT2D eigenvalue weighted by molar-refractivity contribution is 5.94. The Bertz CT molecular complexity index is 1040. The van der Waals surface area contributed by atoms with Crippen LogP contribution in [0, 0.1) is 0 Å². The van der Waals surface area contributed by atoms with Crippen LogP contribution < -0.4 is 16.0 Å². The number of hydrogen-bond acceptors (Lipinski definition) is 3. The molecule has 1 aliphatic carbocycles. The van der Waals surface area contributed by atoms with Crippen LogP contribution in [0.4, 0.5) is 0 Å². The Morgan fingerprint density at radius 2 is 1.84 bits per heavy atom. The van der Waals surface area contributed by atoms with Crippen LogP contribution >= 0.6 is 0 Å². The number of nitrogens with zero attached hydrogens (tertiary/aromatic N) is 1. The molecule has 1 aromatic heterocycles. The molecule has 6 nitrogen and oxygen atoms in total. The summed E-state index contributed by atoms with van der Waals surface area (Å²) < 4.78 is 5.26. The molecule has 0 unspecified atom stereocenters. The second-order valence-electron chi connectivity index (χ2n) is 8.16. The van der Waals surface area contributed by atoms with Crippen molar-refractivity contribution in [2.75, 3.05) is 13.1 Å². The molecule has 0 saturated heterocycles. The standard InChI is InChI=1S/C26H30N4O2/c1-2-27-25(30-19-26(13-14-26)22-10-4-3-5-11-22)29-17-20-8-6-9-21(16-20)24(31)28-18-23-12-7-15-32-23/h3-12,15-16H,2,13-14,17-19H2,1H3,(H,28,31)(H2,27,29,30). The summed E-state index contributed by atoms with van der Waals surface area (Å²) >= 11 is 0. The molecule has 166 valence electrons. The van der Waals surface area contributed by atoms with Crippen molar-refractivity contribution in [1.29, 1.82) is 0 Å². The minimum Gasteiger partial charge on any atom is -0.467 e. The predicted octanol–water partition coefficient (Wildman–Crippen LogP) is 4.00. The summed E-state index contributed by atoms with van der Waals surface area (Å²) in [6.45, 7) is 4.57. The molecule has 0 aliphatic heterocycles. The summed E-state index contributed by atoms with van der Waals surface area (Å²) in [6, 6.07) is 21.9. The molecule has 1 heterocycles. The van der Waals surface area contributed by atoms with Gasteiger partial charge in [-0.3, -0.25) is 4.79 Å². The average molecular weight is 431 g/mol. The van der Waals surface area contributed by atoms with Gasteiger partial charge in [-0.2, -0.15) is 0 Å². The van der Waals surface area contributed by atoms with Crippen LogP contribution in [0.25, 0.3) is 0 Å². The quantitative estimate of drug-likeness (QED) is 0.354. The number of carbonyl (C=O) groups excluding carboxylic acids is 1. The number of carbonyl (C=O) groups is 1. The van der Waals surface area contributed by atoms with Gasteiger partial charge in [0.1, 0.15) is 5.76 Å². The zero-order valence-corrected chi connectivity index (χ0v) is 18.4. The van der Waals surface area contributed by atoms with Gasteiger partial charge in [-0.05, 0) is 55.2 Å². The maximum absolute atomic E-state index is 12.5. The third-order valence-electron chi connectivity index (χ3n) is 5.79. The van der Waals surface area contributed by atoms with Crippen LogP contribution in [-0.2, 0) is 18.5 Å². The average Bonchev–Trinajstić information content (AvgIpc) is 3.45. The van der Waals surface area contributed by atoms with E-state index in [2.05, 4.69) is 53.2 Å². The summed E-state index contributed by atoms with van der Waals surface area (Å²) in [5.41, 5.74) is 3.19. The molecule has 0 atom stereocenters. The normalized spacial score (nSPS) is 14.6. The minimum atomic E-state index is -0.129. The SMILES string of the molecule is CCNC(=NCc1cccc(C(=O)NCc2ccco2)c1)NCC1(c2ccccc2)CC1. The molecule has 3 N–H and O–H groups in total. The lowest BCUT2D eigenvalue weighted by Gasteiger charge is -2.19. The van der Waals surface area contributed by atoms with Crippen molar-refractivity contribution in [2.24, 2.45) is 4.99 Å². The first-order chi connectivity index (χ1) is 15.7. The van der Waals surface area contributed by atoms with Crippen LogP contribution in [0.5, 0.6) is 0 Å². The zero-order chi connectivity index (χ0) is 22.2. The molecule has 32 heavy (non-hydrogen) atoms. The van der Waals surface area contributed by atoms with Gasteiger partial charge in [0.2, 0.25) is 0 Å². The Balaban J connectivity index is 1.35. The summed E-state index contributed by atoms with van der Waals surface area (Å²) in [5, 5.41) is 9.72. The lowest BCUT2D eigenvalue weighted by molar-refractivity contribution is 0.0948. The van der Waals surface area contributed by atoms with Crippen molar-refractivity contribution in [1.82, 2.24) is 16.0 Å². The summed E-state index contributed by atoms with van der Waals surface area (Å²) in [7, 11) is 0. The van der Waals surface area contributed by atoms with Crippen molar-refractivity contribution in [3.05, 3.63) is 95.4 Å². The van der Waals surface area contributed by atoms with Gasteiger partial charge in [0.25, 0.3) is 5.91 Å². The van der Waals surface area contributed by atoms with Crippen molar-refractivity contribution in [3.63, 3.8) is 0 Å². The first-order valence-electron chi connectivity index (χ1n) is 11.2. The van der Waals surface area contributed by atoms with Crippen molar-refractivity contribution >= 4 is 11.9 Å². The van der Waals surface area contributed by atoms with Crippen LogP contribution in [0.15, 0.2) is 82.4 Å². The van der Waals surface area contributed by atoms with Crippen molar-refractivity contribution < 1.29 is 9.21 Å². The predicted molar refractivity (Wildman–Crippen MR) is 126 cm³/mol. The van der Waals surface area contributed by atoms with Gasteiger partial charge in [-0.1, -0.05) is 42.5 Å². The van der Waals surface area contributed by atoms with Crippen LogP contribution in [0.3, 0.4) is 0 Å². The van der Waals surface area contributed by atoms with Gasteiger partial charge in [-0.25, -0.2) is 4.99 Å². The van der Waals surface area contributed by atoms with E-state index in [1.165, 1.54) is 18.4 Å². The molecule has 0 radical (unpaired) electrons. The highest BCUT2D eigenvalue weighted by Crippen LogP contribution is 2.47. The van der Waals surface area contributed by atoms with E-state index in [1.54, 1.807) is 12.3 Å². The molecule has 6 heteroatoms. The molecule has 4 rings (SSSR count). The van der Waals surface area contributed by atoms with Gasteiger partial charge < -0.3 is 20.4 Å². The number of rotatable bonds is 9. The lowest BCUT2D eigenvalue weighted by atomic mass is 9.96. The number of nitrogens with one attached hydrogen (secondary N) is 3. The Labute approximate surface area is 189 Å². The highest BCUT2D eigenvalue weighted by atomic mass is 16.3.